The molecule has 98 valence electrons. The average molecular weight is 240 g/mol. The number of nitrogens with zero attached hydrogens (tertiary/aromatic N) is 1. The lowest BCUT2D eigenvalue weighted by molar-refractivity contribution is -0.133. The number of nitrogens with one attached hydrogen (secondary N) is 1. The molecule has 17 heavy (non-hydrogen) atoms. The van der Waals surface area contributed by atoms with Gasteiger partial charge in [0, 0.05) is 32.2 Å². The zero-order valence-corrected chi connectivity index (χ0v) is 10.5. The summed E-state index contributed by atoms with van der Waals surface area (Å²) in [4.78, 5) is 14.1. The summed E-state index contributed by atoms with van der Waals surface area (Å²) in [5.41, 5.74) is 0. The smallest absolute Gasteiger partial charge is 0.224 e. The summed E-state index contributed by atoms with van der Waals surface area (Å²) in [6.07, 6.45) is 6.20. The highest BCUT2D eigenvalue weighted by Gasteiger charge is 2.24. The maximum absolute atomic E-state index is 12.1. The summed E-state index contributed by atoms with van der Waals surface area (Å²) in [5, 5.41) is 12.5. The third kappa shape index (κ3) is 3.68. The predicted octanol–water partition coefficient (Wildman–Crippen LogP) is 0.749. The minimum Gasteiger partial charge on any atom is -0.396 e. The van der Waals surface area contributed by atoms with Crippen LogP contribution in [0.3, 0.4) is 0 Å². The summed E-state index contributed by atoms with van der Waals surface area (Å²) < 4.78 is 0. The lowest BCUT2D eigenvalue weighted by Crippen LogP contribution is -2.43. The number of amides is 1. The van der Waals surface area contributed by atoms with E-state index < -0.39 is 0 Å². The zero-order chi connectivity index (χ0) is 12.1. The van der Waals surface area contributed by atoms with Crippen LogP contribution in [0, 0.1) is 5.92 Å². The van der Waals surface area contributed by atoms with E-state index in [0.717, 1.165) is 38.9 Å². The van der Waals surface area contributed by atoms with Gasteiger partial charge in [0.25, 0.3) is 0 Å². The summed E-state index contributed by atoms with van der Waals surface area (Å²) in [5.74, 6) is 0.702. The fraction of sp³-hybridized carbons (Fsp3) is 0.923. The van der Waals surface area contributed by atoms with Gasteiger partial charge in [-0.15, -0.1) is 0 Å². The van der Waals surface area contributed by atoms with Crippen LogP contribution in [0.25, 0.3) is 0 Å². The first kappa shape index (κ1) is 12.8. The summed E-state index contributed by atoms with van der Waals surface area (Å²) in [6, 6.07) is 0.395. The van der Waals surface area contributed by atoms with Gasteiger partial charge in [0.15, 0.2) is 0 Å². The van der Waals surface area contributed by atoms with Crippen molar-refractivity contribution in [3.05, 3.63) is 0 Å². The number of hydrogen-bond donors (Lipinski definition) is 2. The van der Waals surface area contributed by atoms with Crippen molar-refractivity contribution in [3.8, 4) is 0 Å². The molecule has 1 unspecified atom stereocenters. The normalized spacial score (nSPS) is 27.1. The van der Waals surface area contributed by atoms with E-state index in [1.807, 2.05) is 4.90 Å². The Morgan fingerprint density at radius 2 is 2.00 bits per heavy atom. The first-order chi connectivity index (χ1) is 8.29. The molecule has 0 radical (unpaired) electrons. The van der Waals surface area contributed by atoms with E-state index in [4.69, 9.17) is 5.11 Å². The van der Waals surface area contributed by atoms with Crippen molar-refractivity contribution >= 4 is 5.91 Å². The van der Waals surface area contributed by atoms with Crippen LogP contribution in [0.1, 0.15) is 38.5 Å². The fourth-order valence-electron chi connectivity index (χ4n) is 2.80. The molecule has 4 nitrogen and oxygen atoms in total. The maximum atomic E-state index is 12.1. The van der Waals surface area contributed by atoms with Gasteiger partial charge in [-0.25, -0.2) is 0 Å². The summed E-state index contributed by atoms with van der Waals surface area (Å²) in [6.45, 7) is 2.99. The zero-order valence-electron chi connectivity index (χ0n) is 10.5. The molecule has 2 rings (SSSR count). The van der Waals surface area contributed by atoms with Crippen LogP contribution in [-0.4, -0.2) is 48.2 Å². The number of carbonyl (C=O) groups is 1. The van der Waals surface area contributed by atoms with E-state index in [-0.39, 0.29) is 6.61 Å². The third-order valence-electron chi connectivity index (χ3n) is 4.06. The van der Waals surface area contributed by atoms with E-state index in [1.165, 1.54) is 12.8 Å². The lowest BCUT2D eigenvalue weighted by Gasteiger charge is -2.33. The van der Waals surface area contributed by atoms with E-state index in [9.17, 15) is 4.79 Å². The highest BCUT2D eigenvalue weighted by atomic mass is 16.3. The quantitative estimate of drug-likeness (QED) is 0.765. The average Bonchev–Trinajstić information content (AvgIpc) is 2.40. The Morgan fingerprint density at radius 1 is 1.24 bits per heavy atom. The van der Waals surface area contributed by atoms with Crippen molar-refractivity contribution in [1.29, 1.82) is 0 Å². The van der Waals surface area contributed by atoms with Crippen LogP contribution in [-0.2, 0) is 4.79 Å². The highest BCUT2D eigenvalue weighted by molar-refractivity contribution is 5.76. The van der Waals surface area contributed by atoms with E-state index >= 15 is 0 Å². The number of aliphatic hydroxyl groups is 1. The first-order valence-corrected chi connectivity index (χ1v) is 6.91. The molecule has 2 aliphatic rings. The lowest BCUT2D eigenvalue weighted by atomic mass is 9.96. The Hall–Kier alpha value is -0.610. The van der Waals surface area contributed by atoms with Crippen molar-refractivity contribution in [2.45, 2.75) is 44.6 Å². The van der Waals surface area contributed by atoms with Crippen molar-refractivity contribution in [2.75, 3.05) is 26.2 Å². The first-order valence-electron chi connectivity index (χ1n) is 6.91. The van der Waals surface area contributed by atoms with Crippen molar-refractivity contribution in [3.63, 3.8) is 0 Å². The SMILES string of the molecule is O=C(CC1CCCCN1)N1CCC(CO)CC1. The maximum Gasteiger partial charge on any atom is 0.224 e. The van der Waals surface area contributed by atoms with Gasteiger partial charge in [-0.1, -0.05) is 6.42 Å². The van der Waals surface area contributed by atoms with Gasteiger partial charge in [0.2, 0.25) is 5.91 Å². The Morgan fingerprint density at radius 3 is 2.59 bits per heavy atom. The molecule has 1 amide bonds. The molecule has 2 aliphatic heterocycles. The summed E-state index contributed by atoms with van der Waals surface area (Å²) >= 11 is 0. The molecule has 0 aromatic rings. The molecule has 2 N–H and O–H groups in total. The monoisotopic (exact) mass is 240 g/mol. The van der Waals surface area contributed by atoms with Gasteiger partial charge in [-0.05, 0) is 38.1 Å². The second kappa shape index (κ2) is 6.36. The number of likely N-dealkylation sites (tertiary alicyclic amines) is 1. The fourth-order valence-corrected chi connectivity index (χ4v) is 2.80. The Bertz CT molecular complexity index is 244. The molecule has 2 saturated heterocycles. The molecule has 0 aromatic heterocycles. The molecule has 0 saturated carbocycles. The van der Waals surface area contributed by atoms with Crippen molar-refractivity contribution in [2.24, 2.45) is 5.92 Å². The molecule has 0 spiro atoms. The van der Waals surface area contributed by atoms with Crippen LogP contribution in [0.2, 0.25) is 0 Å². The minimum absolute atomic E-state index is 0.270. The van der Waals surface area contributed by atoms with Gasteiger partial charge in [-0.2, -0.15) is 0 Å². The number of piperidine rings is 2. The second-order valence-electron chi connectivity index (χ2n) is 5.36. The van der Waals surface area contributed by atoms with Crippen LogP contribution >= 0.6 is 0 Å². The molecular formula is C13H24N2O2. The predicted molar refractivity (Wildman–Crippen MR) is 66.6 cm³/mol. The Kier molecular flexibility index (Phi) is 4.80. The number of aliphatic hydroxyl groups excluding tert-OH is 1. The van der Waals surface area contributed by atoms with Crippen LogP contribution < -0.4 is 5.32 Å². The third-order valence-corrected chi connectivity index (χ3v) is 4.06. The molecular weight excluding hydrogens is 216 g/mol. The van der Waals surface area contributed by atoms with Crippen molar-refractivity contribution < 1.29 is 9.90 Å². The van der Waals surface area contributed by atoms with E-state index in [2.05, 4.69) is 5.32 Å². The number of rotatable bonds is 3. The molecule has 4 heteroatoms. The second-order valence-corrected chi connectivity index (χ2v) is 5.36. The summed E-state index contributed by atoms with van der Waals surface area (Å²) in [7, 11) is 0. The minimum atomic E-state index is 0.270. The topological polar surface area (TPSA) is 52.6 Å². The van der Waals surface area contributed by atoms with Gasteiger partial charge >= 0.3 is 0 Å². The van der Waals surface area contributed by atoms with Gasteiger partial charge in [0.1, 0.15) is 0 Å². The van der Waals surface area contributed by atoms with E-state index in [1.54, 1.807) is 0 Å². The Labute approximate surface area is 103 Å². The molecule has 0 aromatic carbocycles. The van der Waals surface area contributed by atoms with Crippen LogP contribution in [0.4, 0.5) is 0 Å². The van der Waals surface area contributed by atoms with Gasteiger partial charge in [-0.3, -0.25) is 4.79 Å². The van der Waals surface area contributed by atoms with Gasteiger partial charge < -0.3 is 15.3 Å². The standard InChI is InChI=1S/C13H24N2O2/c16-10-11-4-7-15(8-5-11)13(17)9-12-3-1-2-6-14-12/h11-12,14,16H,1-10H2. The Balaban J connectivity index is 1.72. The molecule has 2 heterocycles. The number of carbonyl (C=O) groups excluding carboxylic acids is 1. The molecule has 0 bridgehead atoms. The largest absolute Gasteiger partial charge is 0.396 e. The van der Waals surface area contributed by atoms with Gasteiger partial charge in [0.05, 0.1) is 0 Å². The number of hydrogen-bond acceptors (Lipinski definition) is 3. The molecule has 2 fully saturated rings. The molecule has 0 aliphatic carbocycles. The molecule has 1 atom stereocenters. The van der Waals surface area contributed by atoms with Crippen LogP contribution in [0.5, 0.6) is 0 Å². The highest BCUT2D eigenvalue weighted by Crippen LogP contribution is 2.18. The van der Waals surface area contributed by atoms with Crippen molar-refractivity contribution in [1.82, 2.24) is 10.2 Å². The van der Waals surface area contributed by atoms with Crippen LogP contribution in [0.15, 0.2) is 0 Å². The van der Waals surface area contributed by atoms with E-state index in [0.29, 0.717) is 24.3 Å².